The first kappa shape index (κ1) is 19.2. The molecule has 0 unspecified atom stereocenters. The normalized spacial score (nSPS) is 10.8. The Morgan fingerprint density at radius 2 is 1.76 bits per heavy atom. The van der Waals surface area contributed by atoms with Crippen molar-refractivity contribution >= 4 is 39.5 Å². The molecule has 2 heterocycles. The number of fused-ring (bicyclic) bond motifs is 1. The molecule has 0 bridgehead atoms. The summed E-state index contributed by atoms with van der Waals surface area (Å²) in [6.07, 6.45) is 0. The van der Waals surface area contributed by atoms with Crippen LogP contribution in [-0.4, -0.2) is 24.0 Å². The molecule has 0 aliphatic heterocycles. The molecule has 1 amide bonds. The topological polar surface area (TPSA) is 45.2 Å². The lowest BCUT2D eigenvalue weighted by molar-refractivity contribution is 0.102. The third-order valence-corrected chi connectivity index (χ3v) is 5.88. The number of amides is 1. The van der Waals surface area contributed by atoms with Gasteiger partial charge in [-0.3, -0.25) is 4.79 Å². The molecule has 4 rings (SSSR count). The first-order valence-corrected chi connectivity index (χ1v) is 10.7. The number of carbonyl (C=O) groups is 1. The monoisotopic (exact) mass is 401 g/mol. The van der Waals surface area contributed by atoms with Gasteiger partial charge < -0.3 is 10.2 Å². The van der Waals surface area contributed by atoms with Gasteiger partial charge in [0.25, 0.3) is 5.91 Å². The van der Waals surface area contributed by atoms with Crippen molar-refractivity contribution in [2.45, 2.75) is 13.8 Å². The van der Waals surface area contributed by atoms with Gasteiger partial charge >= 0.3 is 0 Å². The molecule has 4 aromatic rings. The third kappa shape index (κ3) is 4.00. The fourth-order valence-corrected chi connectivity index (χ4v) is 4.14. The van der Waals surface area contributed by atoms with E-state index in [1.54, 1.807) is 11.3 Å². The van der Waals surface area contributed by atoms with Crippen molar-refractivity contribution in [3.05, 3.63) is 77.7 Å². The minimum atomic E-state index is -0.128. The first-order chi connectivity index (χ1) is 14.2. The highest BCUT2D eigenvalue weighted by Crippen LogP contribution is 2.28. The predicted octanol–water partition coefficient (Wildman–Crippen LogP) is 6.06. The Morgan fingerprint density at radius 1 is 1.00 bits per heavy atom. The van der Waals surface area contributed by atoms with Crippen LogP contribution in [0.5, 0.6) is 0 Å². The standard InChI is InChI=1S/C24H23N3OS/c1-3-27(4-2)18-13-11-17(12-14-18)25-24(28)20-16-22(23-10-7-15-29-23)26-21-9-6-5-8-19(20)21/h5-16H,3-4H2,1-2H3,(H,25,28). The summed E-state index contributed by atoms with van der Waals surface area (Å²) in [6.45, 7) is 6.19. The zero-order valence-corrected chi connectivity index (χ0v) is 17.4. The van der Waals surface area contributed by atoms with Gasteiger partial charge in [-0.1, -0.05) is 24.3 Å². The second-order valence-electron chi connectivity index (χ2n) is 6.72. The maximum atomic E-state index is 13.1. The average Bonchev–Trinajstić information content (AvgIpc) is 3.30. The molecule has 0 fully saturated rings. The summed E-state index contributed by atoms with van der Waals surface area (Å²) < 4.78 is 0. The molecule has 0 aliphatic rings. The van der Waals surface area contributed by atoms with Crippen molar-refractivity contribution < 1.29 is 4.79 Å². The van der Waals surface area contributed by atoms with E-state index in [4.69, 9.17) is 4.98 Å². The number of hydrogen-bond donors (Lipinski definition) is 1. The summed E-state index contributed by atoms with van der Waals surface area (Å²) >= 11 is 1.62. The minimum absolute atomic E-state index is 0.128. The molecule has 0 spiro atoms. The molecule has 0 radical (unpaired) electrons. The van der Waals surface area contributed by atoms with Gasteiger partial charge in [0.2, 0.25) is 0 Å². The molecule has 29 heavy (non-hydrogen) atoms. The molecule has 5 heteroatoms. The van der Waals surface area contributed by atoms with Crippen LogP contribution in [0.4, 0.5) is 11.4 Å². The van der Waals surface area contributed by atoms with Crippen LogP contribution >= 0.6 is 11.3 Å². The number of anilines is 2. The van der Waals surface area contributed by atoms with Crippen LogP contribution in [0.25, 0.3) is 21.5 Å². The second-order valence-corrected chi connectivity index (χ2v) is 7.67. The Bertz CT molecular complexity index is 1120. The number of rotatable bonds is 6. The Balaban J connectivity index is 1.66. The maximum absolute atomic E-state index is 13.1. The van der Waals surface area contributed by atoms with E-state index in [-0.39, 0.29) is 5.91 Å². The van der Waals surface area contributed by atoms with Crippen molar-refractivity contribution in [3.63, 3.8) is 0 Å². The molecule has 0 saturated carbocycles. The van der Waals surface area contributed by atoms with Crippen LogP contribution < -0.4 is 10.2 Å². The number of carbonyl (C=O) groups excluding carboxylic acids is 1. The largest absolute Gasteiger partial charge is 0.372 e. The number of pyridine rings is 1. The lowest BCUT2D eigenvalue weighted by Crippen LogP contribution is -2.21. The quantitative estimate of drug-likeness (QED) is 0.427. The lowest BCUT2D eigenvalue weighted by atomic mass is 10.1. The number of benzene rings is 2. The molecule has 0 aliphatic carbocycles. The molecule has 4 nitrogen and oxygen atoms in total. The van der Waals surface area contributed by atoms with Gasteiger partial charge in [-0.15, -0.1) is 11.3 Å². The smallest absolute Gasteiger partial charge is 0.256 e. The molecule has 0 saturated heterocycles. The number of thiophene rings is 1. The molecule has 2 aromatic carbocycles. The van der Waals surface area contributed by atoms with Gasteiger partial charge in [0, 0.05) is 29.9 Å². The highest BCUT2D eigenvalue weighted by atomic mass is 32.1. The van der Waals surface area contributed by atoms with E-state index >= 15 is 0 Å². The van der Waals surface area contributed by atoms with Crippen molar-refractivity contribution in [2.24, 2.45) is 0 Å². The summed E-state index contributed by atoms with van der Waals surface area (Å²) in [5.41, 5.74) is 4.21. The van der Waals surface area contributed by atoms with Gasteiger partial charge in [-0.25, -0.2) is 4.98 Å². The number of nitrogens with zero attached hydrogens (tertiary/aromatic N) is 2. The Morgan fingerprint density at radius 3 is 2.45 bits per heavy atom. The van der Waals surface area contributed by atoms with Crippen molar-refractivity contribution in [2.75, 3.05) is 23.3 Å². The Kier molecular flexibility index (Phi) is 5.58. The molecule has 146 valence electrons. The summed E-state index contributed by atoms with van der Waals surface area (Å²) in [7, 11) is 0. The number of hydrogen-bond acceptors (Lipinski definition) is 4. The molecule has 1 N–H and O–H groups in total. The number of para-hydroxylation sites is 1. The predicted molar refractivity (Wildman–Crippen MR) is 123 cm³/mol. The van der Waals surface area contributed by atoms with Gasteiger partial charge in [-0.2, -0.15) is 0 Å². The fraction of sp³-hybridized carbons (Fsp3) is 0.167. The SMILES string of the molecule is CCN(CC)c1ccc(NC(=O)c2cc(-c3cccs3)nc3ccccc23)cc1. The molecular weight excluding hydrogens is 378 g/mol. The zero-order chi connectivity index (χ0) is 20.2. The van der Waals surface area contributed by atoms with E-state index < -0.39 is 0 Å². The van der Waals surface area contributed by atoms with Crippen molar-refractivity contribution in [1.82, 2.24) is 4.98 Å². The van der Waals surface area contributed by atoms with Crippen LogP contribution in [0.2, 0.25) is 0 Å². The van der Waals surface area contributed by atoms with E-state index in [0.717, 1.165) is 45.9 Å². The highest BCUT2D eigenvalue weighted by molar-refractivity contribution is 7.13. The second kappa shape index (κ2) is 8.45. The maximum Gasteiger partial charge on any atom is 0.256 e. The summed E-state index contributed by atoms with van der Waals surface area (Å²) in [5, 5.41) is 5.91. The van der Waals surface area contributed by atoms with Crippen LogP contribution in [0, 0.1) is 0 Å². The zero-order valence-electron chi connectivity index (χ0n) is 16.6. The van der Waals surface area contributed by atoms with E-state index in [1.165, 1.54) is 0 Å². The lowest BCUT2D eigenvalue weighted by Gasteiger charge is -2.21. The molecule has 0 atom stereocenters. The van der Waals surface area contributed by atoms with E-state index in [0.29, 0.717) is 5.56 Å². The minimum Gasteiger partial charge on any atom is -0.372 e. The Labute approximate surface area is 174 Å². The van der Waals surface area contributed by atoms with Crippen LogP contribution in [0.1, 0.15) is 24.2 Å². The summed E-state index contributed by atoms with van der Waals surface area (Å²) in [5.74, 6) is -0.128. The van der Waals surface area contributed by atoms with Crippen LogP contribution in [0.3, 0.4) is 0 Å². The van der Waals surface area contributed by atoms with E-state index in [1.807, 2.05) is 72.1 Å². The third-order valence-electron chi connectivity index (χ3n) is 4.99. The van der Waals surface area contributed by atoms with E-state index in [2.05, 4.69) is 24.1 Å². The first-order valence-electron chi connectivity index (χ1n) is 9.79. The van der Waals surface area contributed by atoms with Crippen LogP contribution in [0.15, 0.2) is 72.1 Å². The Hall–Kier alpha value is -3.18. The van der Waals surface area contributed by atoms with Gasteiger partial charge in [0.1, 0.15) is 0 Å². The van der Waals surface area contributed by atoms with Crippen molar-refractivity contribution in [3.8, 4) is 10.6 Å². The van der Waals surface area contributed by atoms with Crippen molar-refractivity contribution in [1.29, 1.82) is 0 Å². The summed E-state index contributed by atoms with van der Waals surface area (Å²) in [4.78, 5) is 21.2. The fourth-order valence-electron chi connectivity index (χ4n) is 3.46. The van der Waals surface area contributed by atoms with Gasteiger partial charge in [0.15, 0.2) is 0 Å². The molecule has 2 aromatic heterocycles. The number of aromatic nitrogens is 1. The number of nitrogens with one attached hydrogen (secondary N) is 1. The van der Waals surface area contributed by atoms with Gasteiger partial charge in [0.05, 0.1) is 21.7 Å². The van der Waals surface area contributed by atoms with E-state index in [9.17, 15) is 4.79 Å². The molecular formula is C24H23N3OS. The summed E-state index contributed by atoms with van der Waals surface area (Å²) in [6, 6.07) is 21.7. The van der Waals surface area contributed by atoms with Crippen LogP contribution in [-0.2, 0) is 0 Å². The average molecular weight is 402 g/mol. The van der Waals surface area contributed by atoms with Gasteiger partial charge in [-0.05, 0) is 61.7 Å². The highest BCUT2D eigenvalue weighted by Gasteiger charge is 2.15.